The molecule has 3 heterocycles. The number of nitrogens with zero attached hydrogens (tertiary/aromatic N) is 2. The van der Waals surface area contributed by atoms with E-state index in [9.17, 15) is 14.4 Å². The topological polar surface area (TPSA) is 69.7 Å². The van der Waals surface area contributed by atoms with E-state index in [4.69, 9.17) is 11.6 Å². The van der Waals surface area contributed by atoms with Crippen molar-refractivity contribution >= 4 is 35.0 Å². The third kappa shape index (κ3) is 2.97. The number of para-hydroxylation sites is 1. The van der Waals surface area contributed by atoms with E-state index in [1.165, 1.54) is 0 Å². The summed E-state index contributed by atoms with van der Waals surface area (Å²) < 4.78 is 0. The SMILES string of the molecule is C=CC(C)(C)[C@@]12C[C@H]3C(=O)N[C@@H](Cc4ccccc4)C(=O)N3[C@@H]1N(C(=O)CCl)c1ccccc12. The van der Waals surface area contributed by atoms with Crippen molar-refractivity contribution in [2.75, 3.05) is 10.8 Å². The minimum Gasteiger partial charge on any atom is -0.342 e. The molecule has 0 aliphatic carbocycles. The van der Waals surface area contributed by atoms with Crippen molar-refractivity contribution in [3.05, 3.63) is 78.4 Å². The van der Waals surface area contributed by atoms with Gasteiger partial charge in [0.25, 0.3) is 0 Å². The first-order chi connectivity index (χ1) is 16.3. The molecular weight excluding hydrogens is 450 g/mol. The van der Waals surface area contributed by atoms with Crippen molar-refractivity contribution in [2.24, 2.45) is 5.41 Å². The van der Waals surface area contributed by atoms with Crippen LogP contribution in [-0.4, -0.2) is 46.8 Å². The van der Waals surface area contributed by atoms with Crippen molar-refractivity contribution in [3.63, 3.8) is 0 Å². The minimum absolute atomic E-state index is 0.180. The second-order valence-corrected chi connectivity index (χ2v) is 10.2. The summed E-state index contributed by atoms with van der Waals surface area (Å²) in [5, 5.41) is 2.96. The van der Waals surface area contributed by atoms with E-state index in [0.29, 0.717) is 12.8 Å². The molecule has 34 heavy (non-hydrogen) atoms. The van der Waals surface area contributed by atoms with Crippen molar-refractivity contribution in [3.8, 4) is 0 Å². The highest BCUT2D eigenvalue weighted by atomic mass is 35.5. The smallest absolute Gasteiger partial charge is 0.247 e. The molecule has 0 aromatic heterocycles. The lowest BCUT2D eigenvalue weighted by molar-refractivity contribution is -0.149. The number of benzene rings is 2. The number of carbonyl (C=O) groups excluding carboxylic acids is 3. The molecule has 6 nitrogen and oxygen atoms in total. The van der Waals surface area contributed by atoms with Crippen LogP contribution in [-0.2, 0) is 26.2 Å². The zero-order valence-corrected chi connectivity index (χ0v) is 20.1. The molecule has 0 saturated carbocycles. The molecule has 3 aliphatic rings. The summed E-state index contributed by atoms with van der Waals surface area (Å²) in [6.07, 6.45) is 1.99. The third-order valence-corrected chi connectivity index (χ3v) is 8.17. The zero-order chi connectivity index (χ0) is 24.3. The number of alkyl halides is 1. The van der Waals surface area contributed by atoms with E-state index >= 15 is 0 Å². The van der Waals surface area contributed by atoms with E-state index in [2.05, 4.69) is 25.7 Å². The van der Waals surface area contributed by atoms with Gasteiger partial charge in [0.2, 0.25) is 17.7 Å². The lowest BCUT2D eigenvalue weighted by Gasteiger charge is -2.46. The molecule has 2 aromatic rings. The molecule has 2 aromatic carbocycles. The van der Waals surface area contributed by atoms with Gasteiger partial charge in [-0.3, -0.25) is 19.3 Å². The molecule has 2 fully saturated rings. The number of halogens is 1. The second kappa shape index (κ2) is 7.98. The van der Waals surface area contributed by atoms with Gasteiger partial charge in [0, 0.05) is 17.5 Å². The maximum absolute atomic E-state index is 14.0. The largest absolute Gasteiger partial charge is 0.342 e. The van der Waals surface area contributed by atoms with Gasteiger partial charge in [0.1, 0.15) is 24.1 Å². The van der Waals surface area contributed by atoms with Gasteiger partial charge in [-0.15, -0.1) is 18.2 Å². The molecule has 3 aliphatic heterocycles. The fraction of sp³-hybridized carbons (Fsp3) is 0.370. The Morgan fingerprint density at radius 2 is 1.85 bits per heavy atom. The van der Waals surface area contributed by atoms with Crippen LogP contribution in [0.15, 0.2) is 67.3 Å². The molecule has 0 spiro atoms. The molecule has 0 bridgehead atoms. The molecule has 0 unspecified atom stereocenters. The van der Waals surface area contributed by atoms with E-state index in [0.717, 1.165) is 16.8 Å². The van der Waals surface area contributed by atoms with Crippen molar-refractivity contribution in [1.82, 2.24) is 10.2 Å². The van der Waals surface area contributed by atoms with E-state index in [-0.39, 0.29) is 23.6 Å². The number of hydrogen-bond acceptors (Lipinski definition) is 3. The monoisotopic (exact) mass is 477 g/mol. The number of anilines is 1. The normalized spacial score (nSPS) is 27.7. The summed E-state index contributed by atoms with van der Waals surface area (Å²) in [4.78, 5) is 43.9. The fourth-order valence-corrected chi connectivity index (χ4v) is 6.28. The van der Waals surface area contributed by atoms with Crippen LogP contribution in [0.2, 0.25) is 0 Å². The molecule has 176 valence electrons. The highest BCUT2D eigenvalue weighted by Crippen LogP contribution is 2.62. The lowest BCUT2D eigenvalue weighted by atomic mass is 9.60. The van der Waals surface area contributed by atoms with Crippen molar-refractivity contribution < 1.29 is 14.4 Å². The summed E-state index contributed by atoms with van der Waals surface area (Å²) in [6, 6.07) is 15.9. The summed E-state index contributed by atoms with van der Waals surface area (Å²) >= 11 is 6.06. The maximum atomic E-state index is 14.0. The zero-order valence-electron chi connectivity index (χ0n) is 19.3. The van der Waals surface area contributed by atoms with Crippen LogP contribution >= 0.6 is 11.6 Å². The number of allylic oxidation sites excluding steroid dienone is 1. The number of amides is 3. The number of rotatable bonds is 5. The van der Waals surface area contributed by atoms with Gasteiger partial charge in [-0.2, -0.15) is 0 Å². The maximum Gasteiger partial charge on any atom is 0.247 e. The first-order valence-corrected chi connectivity index (χ1v) is 12.1. The Kier molecular flexibility index (Phi) is 5.32. The van der Waals surface area contributed by atoms with Crippen LogP contribution < -0.4 is 10.2 Å². The van der Waals surface area contributed by atoms with Crippen molar-refractivity contribution in [2.45, 2.75) is 50.4 Å². The quantitative estimate of drug-likeness (QED) is 0.530. The van der Waals surface area contributed by atoms with E-state index in [1.807, 2.05) is 60.7 Å². The molecule has 4 atom stereocenters. The third-order valence-electron chi connectivity index (χ3n) is 7.94. The minimum atomic E-state index is -0.703. The molecule has 0 radical (unpaired) electrons. The summed E-state index contributed by atoms with van der Waals surface area (Å²) in [6.45, 7) is 8.20. The van der Waals surface area contributed by atoms with Crippen LogP contribution in [0.4, 0.5) is 5.69 Å². The lowest BCUT2D eigenvalue weighted by Crippen LogP contribution is -2.67. The Bertz CT molecular complexity index is 1180. The number of fused-ring (bicyclic) bond motifs is 5. The van der Waals surface area contributed by atoms with Gasteiger partial charge in [-0.1, -0.05) is 68.5 Å². The summed E-state index contributed by atoms with van der Waals surface area (Å²) in [5.41, 5.74) is 1.41. The number of carbonyl (C=O) groups is 3. The molecular formula is C27H28ClN3O3. The highest BCUT2D eigenvalue weighted by molar-refractivity contribution is 6.29. The van der Waals surface area contributed by atoms with Crippen LogP contribution in [0.1, 0.15) is 31.4 Å². The average molecular weight is 478 g/mol. The van der Waals surface area contributed by atoms with E-state index < -0.39 is 29.1 Å². The molecule has 2 saturated heterocycles. The van der Waals surface area contributed by atoms with Gasteiger partial charge in [-0.25, -0.2) is 0 Å². The van der Waals surface area contributed by atoms with Gasteiger partial charge >= 0.3 is 0 Å². The van der Waals surface area contributed by atoms with Gasteiger partial charge in [-0.05, 0) is 29.0 Å². The molecule has 1 N–H and O–H groups in total. The van der Waals surface area contributed by atoms with Crippen LogP contribution in [0.5, 0.6) is 0 Å². The van der Waals surface area contributed by atoms with Crippen molar-refractivity contribution in [1.29, 1.82) is 0 Å². The van der Waals surface area contributed by atoms with Crippen LogP contribution in [0.25, 0.3) is 0 Å². The Labute approximate surface area is 204 Å². The van der Waals surface area contributed by atoms with Gasteiger partial charge in [0.15, 0.2) is 0 Å². The number of nitrogens with one attached hydrogen (secondary N) is 1. The highest BCUT2D eigenvalue weighted by Gasteiger charge is 2.70. The molecule has 5 rings (SSSR count). The van der Waals surface area contributed by atoms with Crippen LogP contribution in [0.3, 0.4) is 0 Å². The fourth-order valence-electron chi connectivity index (χ4n) is 6.15. The predicted molar refractivity (Wildman–Crippen MR) is 131 cm³/mol. The summed E-state index contributed by atoms with van der Waals surface area (Å²) in [7, 11) is 0. The predicted octanol–water partition coefficient (Wildman–Crippen LogP) is 3.39. The number of piperazine rings is 1. The Morgan fingerprint density at radius 3 is 2.53 bits per heavy atom. The van der Waals surface area contributed by atoms with E-state index in [1.54, 1.807) is 9.80 Å². The summed E-state index contributed by atoms with van der Waals surface area (Å²) in [5.74, 6) is -0.882. The molecule has 3 amide bonds. The Balaban J connectivity index is 1.67. The first-order valence-electron chi connectivity index (χ1n) is 11.5. The standard InChI is InChI=1S/C27H28ClN3O3/c1-4-26(2,3)27-15-21-23(33)29-19(14-17-10-6-5-7-11-17)24(34)31(21)25(27)30(22(32)16-28)20-13-9-8-12-18(20)27/h4-13,19,21,25H,1,14-16H2,2-3H3,(H,29,33)/t19-,21-,25-,27+/m0/s1. The Morgan fingerprint density at radius 1 is 1.18 bits per heavy atom. The van der Waals surface area contributed by atoms with Crippen LogP contribution in [0, 0.1) is 5.41 Å². The van der Waals surface area contributed by atoms with Gasteiger partial charge in [0.05, 0.1) is 0 Å². The van der Waals surface area contributed by atoms with Gasteiger partial charge < -0.3 is 10.2 Å². The first kappa shape index (κ1) is 22.7. The average Bonchev–Trinajstić information content (AvgIpc) is 3.35. The Hall–Kier alpha value is -3.12. The number of hydrogen-bond donors (Lipinski definition) is 1. The molecule has 7 heteroatoms. The second-order valence-electron chi connectivity index (χ2n) is 9.90.